The van der Waals surface area contributed by atoms with Crippen molar-refractivity contribution in [3.05, 3.63) is 146 Å². The minimum atomic E-state index is 0.582. The summed E-state index contributed by atoms with van der Waals surface area (Å²) in [6, 6.07) is 45.9. The molecule has 210 valence electrons. The van der Waals surface area contributed by atoms with E-state index in [9.17, 15) is 0 Å². The van der Waals surface area contributed by atoms with Crippen molar-refractivity contribution in [1.82, 2.24) is 19.9 Å². The van der Waals surface area contributed by atoms with E-state index in [0.717, 1.165) is 54.8 Å². The van der Waals surface area contributed by atoms with Gasteiger partial charge in [-0.3, -0.25) is 4.98 Å². The van der Waals surface area contributed by atoms with Gasteiger partial charge in [0.15, 0.2) is 17.5 Å². The van der Waals surface area contributed by atoms with Gasteiger partial charge in [-0.25, -0.2) is 15.0 Å². The zero-order chi connectivity index (χ0) is 29.7. The van der Waals surface area contributed by atoms with Gasteiger partial charge in [-0.1, -0.05) is 103 Å². The largest absolute Gasteiger partial charge is 0.456 e. The molecule has 3 heterocycles. The summed E-state index contributed by atoms with van der Waals surface area (Å²) < 4.78 is 6.18. The third-order valence-corrected chi connectivity index (χ3v) is 8.39. The summed E-state index contributed by atoms with van der Waals surface area (Å²) in [5.41, 5.74) is 6.61. The number of pyridine rings is 1. The van der Waals surface area contributed by atoms with Crippen molar-refractivity contribution in [2.75, 3.05) is 0 Å². The lowest BCUT2D eigenvalue weighted by Gasteiger charge is -2.11. The Morgan fingerprint density at radius 1 is 0.422 bits per heavy atom. The number of hydrogen-bond donors (Lipinski definition) is 0. The van der Waals surface area contributed by atoms with E-state index in [0.29, 0.717) is 17.5 Å². The lowest BCUT2D eigenvalue weighted by Crippen LogP contribution is -2.00. The van der Waals surface area contributed by atoms with E-state index in [1.807, 2.05) is 42.6 Å². The molecule has 0 N–H and O–H groups in total. The smallest absolute Gasteiger partial charge is 0.164 e. The molecule has 9 aromatic rings. The highest BCUT2D eigenvalue weighted by Crippen LogP contribution is 2.37. The molecule has 0 spiro atoms. The number of furan rings is 1. The summed E-state index contributed by atoms with van der Waals surface area (Å²) >= 11 is 0. The predicted octanol–water partition coefficient (Wildman–Crippen LogP) is 10.1. The summed E-state index contributed by atoms with van der Waals surface area (Å²) in [4.78, 5) is 19.6. The minimum absolute atomic E-state index is 0.582. The lowest BCUT2D eigenvalue weighted by molar-refractivity contribution is 0.668. The Labute approximate surface area is 258 Å². The van der Waals surface area contributed by atoms with Gasteiger partial charge in [0.1, 0.15) is 11.2 Å². The van der Waals surface area contributed by atoms with Crippen LogP contribution >= 0.6 is 0 Å². The van der Waals surface area contributed by atoms with Crippen molar-refractivity contribution < 1.29 is 4.42 Å². The molecule has 0 aliphatic heterocycles. The summed E-state index contributed by atoms with van der Waals surface area (Å²) in [7, 11) is 0. The molecule has 0 aliphatic carbocycles. The van der Waals surface area contributed by atoms with E-state index in [2.05, 4.69) is 102 Å². The lowest BCUT2D eigenvalue weighted by atomic mass is 9.99. The summed E-state index contributed by atoms with van der Waals surface area (Å²) in [5.74, 6) is 1.80. The maximum absolute atomic E-state index is 6.18. The van der Waals surface area contributed by atoms with Crippen LogP contribution in [0.5, 0.6) is 0 Å². The fourth-order valence-corrected chi connectivity index (χ4v) is 6.14. The molecule has 9 rings (SSSR count). The summed E-state index contributed by atoms with van der Waals surface area (Å²) in [5, 5.41) is 6.44. The Kier molecular flexibility index (Phi) is 5.74. The second kappa shape index (κ2) is 10.2. The zero-order valence-electron chi connectivity index (χ0n) is 24.1. The van der Waals surface area contributed by atoms with Crippen molar-refractivity contribution in [1.29, 1.82) is 0 Å². The summed E-state index contributed by atoms with van der Waals surface area (Å²) in [6.45, 7) is 0. The first-order valence-electron chi connectivity index (χ1n) is 14.9. The van der Waals surface area contributed by atoms with Gasteiger partial charge in [0.05, 0.1) is 0 Å². The van der Waals surface area contributed by atoms with Gasteiger partial charge in [-0.15, -0.1) is 0 Å². The molecule has 0 radical (unpaired) electrons. The van der Waals surface area contributed by atoms with Crippen LogP contribution in [0.25, 0.3) is 88.8 Å². The van der Waals surface area contributed by atoms with Crippen molar-refractivity contribution in [2.45, 2.75) is 0 Å². The number of rotatable bonds is 4. The van der Waals surface area contributed by atoms with Gasteiger partial charge in [-0.2, -0.15) is 0 Å². The molecule has 0 unspecified atom stereocenters. The standard InChI is InChI=1S/C40H24N4O/c1-2-7-25(8-3-1)29-16-13-27-15-18-31(23-32(27)22-29)39-42-38(30-17-14-26-9-4-5-10-28(26)21-30)43-40(44-39)33-11-6-12-36-37(33)34-24-41-20-19-35(34)45-36/h1-24H. The average Bonchev–Trinajstić information content (AvgIpc) is 3.50. The molecular formula is C40H24N4O. The fourth-order valence-electron chi connectivity index (χ4n) is 6.14. The monoisotopic (exact) mass is 576 g/mol. The normalized spacial score (nSPS) is 11.6. The van der Waals surface area contributed by atoms with Crippen LogP contribution in [0.1, 0.15) is 0 Å². The molecule has 0 saturated carbocycles. The van der Waals surface area contributed by atoms with E-state index >= 15 is 0 Å². The molecule has 0 aliphatic rings. The van der Waals surface area contributed by atoms with Crippen LogP contribution in [0.2, 0.25) is 0 Å². The molecule has 0 atom stereocenters. The highest BCUT2D eigenvalue weighted by molar-refractivity contribution is 6.11. The van der Waals surface area contributed by atoms with E-state index in [1.165, 1.54) is 16.5 Å². The number of fused-ring (bicyclic) bond motifs is 5. The molecule has 3 aromatic heterocycles. The first-order valence-corrected chi connectivity index (χ1v) is 14.9. The quantitative estimate of drug-likeness (QED) is 0.209. The Hall–Kier alpha value is -6.20. The van der Waals surface area contributed by atoms with Gasteiger partial charge in [0.25, 0.3) is 0 Å². The van der Waals surface area contributed by atoms with Gasteiger partial charge < -0.3 is 4.42 Å². The van der Waals surface area contributed by atoms with Gasteiger partial charge in [0.2, 0.25) is 0 Å². The number of hydrogen-bond acceptors (Lipinski definition) is 5. The molecule has 0 bridgehead atoms. The second-order valence-electron chi connectivity index (χ2n) is 11.2. The Bertz CT molecular complexity index is 2550. The van der Waals surface area contributed by atoms with Gasteiger partial charge in [-0.05, 0) is 63.0 Å². The van der Waals surface area contributed by atoms with E-state index in [4.69, 9.17) is 19.4 Å². The van der Waals surface area contributed by atoms with Crippen molar-refractivity contribution in [3.8, 4) is 45.3 Å². The molecular weight excluding hydrogens is 552 g/mol. The van der Waals surface area contributed by atoms with Gasteiger partial charge in [0, 0.05) is 39.9 Å². The van der Waals surface area contributed by atoms with E-state index in [-0.39, 0.29) is 0 Å². The average molecular weight is 577 g/mol. The molecule has 6 aromatic carbocycles. The zero-order valence-corrected chi connectivity index (χ0v) is 24.1. The highest BCUT2D eigenvalue weighted by Gasteiger charge is 2.18. The Morgan fingerprint density at radius 2 is 1.07 bits per heavy atom. The summed E-state index contributed by atoms with van der Waals surface area (Å²) in [6.07, 6.45) is 3.58. The van der Waals surface area contributed by atoms with Crippen LogP contribution in [-0.4, -0.2) is 19.9 Å². The van der Waals surface area contributed by atoms with E-state index < -0.39 is 0 Å². The second-order valence-corrected chi connectivity index (χ2v) is 11.2. The Morgan fingerprint density at radius 3 is 1.87 bits per heavy atom. The first-order chi connectivity index (χ1) is 22.3. The van der Waals surface area contributed by atoms with E-state index in [1.54, 1.807) is 6.20 Å². The van der Waals surface area contributed by atoms with Crippen LogP contribution in [-0.2, 0) is 0 Å². The van der Waals surface area contributed by atoms with Crippen LogP contribution in [0, 0.1) is 0 Å². The van der Waals surface area contributed by atoms with Crippen LogP contribution in [0.15, 0.2) is 150 Å². The maximum atomic E-state index is 6.18. The van der Waals surface area contributed by atoms with Crippen molar-refractivity contribution >= 4 is 43.5 Å². The number of benzene rings is 6. The molecule has 45 heavy (non-hydrogen) atoms. The minimum Gasteiger partial charge on any atom is -0.456 e. The molecule has 0 fully saturated rings. The predicted molar refractivity (Wildman–Crippen MR) is 182 cm³/mol. The maximum Gasteiger partial charge on any atom is 0.164 e. The number of nitrogens with zero attached hydrogens (tertiary/aromatic N) is 4. The van der Waals surface area contributed by atoms with Crippen LogP contribution in [0.4, 0.5) is 0 Å². The van der Waals surface area contributed by atoms with Gasteiger partial charge >= 0.3 is 0 Å². The van der Waals surface area contributed by atoms with Crippen molar-refractivity contribution in [2.24, 2.45) is 0 Å². The van der Waals surface area contributed by atoms with Crippen LogP contribution < -0.4 is 0 Å². The number of aromatic nitrogens is 4. The Balaban J connectivity index is 1.27. The third-order valence-electron chi connectivity index (χ3n) is 8.39. The fraction of sp³-hybridized carbons (Fsp3) is 0. The third kappa shape index (κ3) is 4.41. The molecule has 0 amide bonds. The topological polar surface area (TPSA) is 64.7 Å². The molecule has 5 heteroatoms. The molecule has 5 nitrogen and oxygen atoms in total. The molecule has 0 saturated heterocycles. The van der Waals surface area contributed by atoms with Crippen molar-refractivity contribution in [3.63, 3.8) is 0 Å². The first kappa shape index (κ1) is 25.3. The highest BCUT2D eigenvalue weighted by atomic mass is 16.3. The SMILES string of the molecule is c1ccc(-c2ccc3ccc(-c4nc(-c5ccc6ccccc6c5)nc(-c5cccc6oc7ccncc7c56)n4)cc3c2)cc1. The van der Waals surface area contributed by atoms with Crippen LogP contribution in [0.3, 0.4) is 0 Å².